The number of rotatable bonds is 8. The van der Waals surface area contributed by atoms with Crippen molar-refractivity contribution in [2.45, 2.75) is 33.2 Å². The van der Waals surface area contributed by atoms with Crippen molar-refractivity contribution >= 4 is 17.8 Å². The molecule has 8 heteroatoms. The maximum atomic E-state index is 12.1. The summed E-state index contributed by atoms with van der Waals surface area (Å²) in [5.74, 6) is -1.43. The van der Waals surface area contributed by atoms with Crippen molar-refractivity contribution in [2.24, 2.45) is 0 Å². The van der Waals surface area contributed by atoms with Gasteiger partial charge in [-0.15, -0.1) is 0 Å². The average molecular weight is 372 g/mol. The topological polar surface area (TPSA) is 102 Å². The van der Waals surface area contributed by atoms with Crippen LogP contribution in [0.1, 0.15) is 36.3 Å². The number of nitrogens with zero attached hydrogens (tertiary/aromatic N) is 2. The van der Waals surface area contributed by atoms with Crippen LogP contribution in [-0.4, -0.2) is 46.8 Å². The normalized spacial score (nSPS) is 11.5. The van der Waals surface area contributed by atoms with Crippen molar-refractivity contribution in [2.75, 3.05) is 13.2 Å². The Labute approximate surface area is 157 Å². The lowest BCUT2D eigenvalue weighted by Gasteiger charge is -2.14. The maximum absolute atomic E-state index is 12.1. The zero-order chi connectivity index (χ0) is 19.8. The van der Waals surface area contributed by atoms with Gasteiger partial charge in [0.15, 0.2) is 6.61 Å². The van der Waals surface area contributed by atoms with Gasteiger partial charge in [0, 0.05) is 18.4 Å². The second-order valence-electron chi connectivity index (χ2n) is 6.09. The van der Waals surface area contributed by atoms with Crippen molar-refractivity contribution in [3.63, 3.8) is 0 Å². The number of ether oxygens (including phenoxy) is 1. The highest BCUT2D eigenvalue weighted by Gasteiger charge is 2.16. The van der Waals surface area contributed by atoms with E-state index >= 15 is 0 Å². The van der Waals surface area contributed by atoms with Crippen molar-refractivity contribution in [1.82, 2.24) is 20.4 Å². The van der Waals surface area contributed by atoms with Gasteiger partial charge >= 0.3 is 5.97 Å². The first-order valence-electron chi connectivity index (χ1n) is 8.77. The van der Waals surface area contributed by atoms with Crippen LogP contribution in [0.2, 0.25) is 0 Å². The summed E-state index contributed by atoms with van der Waals surface area (Å²) in [6, 6.07) is 7.90. The largest absolute Gasteiger partial charge is 0.452 e. The van der Waals surface area contributed by atoms with Gasteiger partial charge in [0.2, 0.25) is 5.91 Å². The van der Waals surface area contributed by atoms with E-state index < -0.39 is 24.5 Å². The van der Waals surface area contributed by atoms with Crippen LogP contribution in [0.15, 0.2) is 36.5 Å². The summed E-state index contributed by atoms with van der Waals surface area (Å²) < 4.78 is 6.74. The zero-order valence-electron chi connectivity index (χ0n) is 15.7. The predicted molar refractivity (Wildman–Crippen MR) is 99.5 cm³/mol. The molecule has 1 aromatic heterocycles. The lowest BCUT2D eigenvalue weighted by atomic mass is 10.2. The number of hydrogen-bond donors (Lipinski definition) is 2. The number of nitrogens with one attached hydrogen (secondary N) is 2. The van der Waals surface area contributed by atoms with E-state index in [-0.39, 0.29) is 5.91 Å². The zero-order valence-corrected chi connectivity index (χ0v) is 15.7. The van der Waals surface area contributed by atoms with Crippen molar-refractivity contribution in [3.8, 4) is 5.69 Å². The molecule has 1 atom stereocenters. The summed E-state index contributed by atoms with van der Waals surface area (Å²) >= 11 is 0. The fraction of sp³-hybridized carbons (Fsp3) is 0.368. The van der Waals surface area contributed by atoms with Crippen molar-refractivity contribution in [3.05, 3.63) is 47.8 Å². The minimum Gasteiger partial charge on any atom is -0.452 e. The molecule has 2 rings (SSSR count). The Morgan fingerprint density at radius 1 is 1.19 bits per heavy atom. The number of aromatic nitrogens is 2. The van der Waals surface area contributed by atoms with Crippen LogP contribution in [0.5, 0.6) is 0 Å². The van der Waals surface area contributed by atoms with Crippen molar-refractivity contribution < 1.29 is 19.1 Å². The molecule has 0 bridgehead atoms. The van der Waals surface area contributed by atoms with E-state index in [1.165, 1.54) is 0 Å². The number of hydrogen-bond acceptors (Lipinski definition) is 5. The first-order chi connectivity index (χ1) is 12.9. The SMILES string of the molecule is CCCNC(=O)[C@H](C)NC(=O)COC(=O)c1ccc(-n2nccc2C)cc1. The summed E-state index contributed by atoms with van der Waals surface area (Å²) in [5, 5.41) is 9.37. The first kappa shape index (κ1) is 20.2. The van der Waals surface area contributed by atoms with Crippen molar-refractivity contribution in [1.29, 1.82) is 0 Å². The molecular weight excluding hydrogens is 348 g/mol. The van der Waals surface area contributed by atoms with Gasteiger partial charge in [0.05, 0.1) is 11.3 Å². The molecule has 2 aromatic rings. The van der Waals surface area contributed by atoms with Crippen LogP contribution in [0.4, 0.5) is 0 Å². The minimum atomic E-state index is -0.695. The van der Waals surface area contributed by atoms with Gasteiger partial charge in [-0.05, 0) is 50.6 Å². The fourth-order valence-electron chi connectivity index (χ4n) is 2.34. The number of amides is 2. The molecule has 0 aliphatic rings. The minimum absolute atomic E-state index is 0.277. The Morgan fingerprint density at radius 3 is 2.48 bits per heavy atom. The van der Waals surface area contributed by atoms with E-state index in [1.807, 2.05) is 19.9 Å². The number of carbonyl (C=O) groups is 3. The third kappa shape index (κ3) is 5.67. The highest BCUT2D eigenvalue weighted by Crippen LogP contribution is 2.12. The summed E-state index contributed by atoms with van der Waals surface area (Å²) in [6.45, 7) is 5.52. The second-order valence-corrected chi connectivity index (χ2v) is 6.09. The Morgan fingerprint density at radius 2 is 1.89 bits per heavy atom. The molecule has 0 spiro atoms. The molecule has 2 amide bonds. The third-order valence-electron chi connectivity index (χ3n) is 3.83. The van der Waals surface area contributed by atoms with E-state index in [0.717, 1.165) is 17.8 Å². The molecule has 0 radical (unpaired) electrons. The van der Waals surface area contributed by atoms with Crippen LogP contribution in [0, 0.1) is 6.92 Å². The highest BCUT2D eigenvalue weighted by molar-refractivity contribution is 5.92. The Hall–Kier alpha value is -3.16. The van der Waals surface area contributed by atoms with Gasteiger partial charge in [0.25, 0.3) is 5.91 Å². The second kappa shape index (κ2) is 9.51. The van der Waals surface area contributed by atoms with Gasteiger partial charge in [-0.25, -0.2) is 9.48 Å². The molecule has 27 heavy (non-hydrogen) atoms. The molecule has 0 aliphatic heterocycles. The van der Waals surface area contributed by atoms with Gasteiger partial charge in [-0.1, -0.05) is 6.92 Å². The standard InChI is InChI=1S/C19H24N4O4/c1-4-10-20-18(25)14(3)22-17(24)12-27-19(26)15-5-7-16(8-6-15)23-13(2)9-11-21-23/h5-9,11,14H,4,10,12H2,1-3H3,(H,20,25)(H,22,24)/t14-/m0/s1. The summed E-state index contributed by atoms with van der Waals surface area (Å²) in [5.41, 5.74) is 2.11. The van der Waals surface area contributed by atoms with Gasteiger partial charge < -0.3 is 15.4 Å². The molecule has 0 fully saturated rings. The maximum Gasteiger partial charge on any atom is 0.338 e. The summed E-state index contributed by atoms with van der Waals surface area (Å²) in [6.07, 6.45) is 2.50. The van der Waals surface area contributed by atoms with E-state index in [4.69, 9.17) is 4.74 Å². The van der Waals surface area contributed by atoms with Gasteiger partial charge in [-0.2, -0.15) is 5.10 Å². The Kier molecular flexibility index (Phi) is 7.10. The van der Waals surface area contributed by atoms with E-state index in [2.05, 4.69) is 15.7 Å². The molecule has 0 saturated carbocycles. The molecule has 2 N–H and O–H groups in total. The molecule has 0 unspecified atom stereocenters. The molecule has 1 heterocycles. The van der Waals surface area contributed by atoms with Crippen LogP contribution in [0.25, 0.3) is 5.69 Å². The average Bonchev–Trinajstić information content (AvgIpc) is 3.10. The van der Waals surface area contributed by atoms with E-state index in [0.29, 0.717) is 12.1 Å². The molecule has 8 nitrogen and oxygen atoms in total. The fourth-order valence-corrected chi connectivity index (χ4v) is 2.34. The van der Waals surface area contributed by atoms with Crippen LogP contribution >= 0.6 is 0 Å². The summed E-state index contributed by atoms with van der Waals surface area (Å²) in [4.78, 5) is 35.6. The molecule has 0 saturated heterocycles. The lowest BCUT2D eigenvalue weighted by Crippen LogP contribution is -2.46. The quantitative estimate of drug-likeness (QED) is 0.682. The van der Waals surface area contributed by atoms with Crippen LogP contribution in [-0.2, 0) is 14.3 Å². The monoisotopic (exact) mass is 372 g/mol. The molecular formula is C19H24N4O4. The van der Waals surface area contributed by atoms with Crippen LogP contribution < -0.4 is 10.6 Å². The number of benzene rings is 1. The molecule has 0 aliphatic carbocycles. The molecule has 1 aromatic carbocycles. The third-order valence-corrected chi connectivity index (χ3v) is 3.83. The summed E-state index contributed by atoms with van der Waals surface area (Å²) in [7, 11) is 0. The number of esters is 1. The van der Waals surface area contributed by atoms with Gasteiger partial charge in [-0.3, -0.25) is 9.59 Å². The smallest absolute Gasteiger partial charge is 0.338 e. The lowest BCUT2D eigenvalue weighted by molar-refractivity contribution is -0.130. The predicted octanol–water partition coefficient (Wildman–Crippen LogP) is 1.37. The highest BCUT2D eigenvalue weighted by atomic mass is 16.5. The Balaban J connectivity index is 1.84. The van der Waals surface area contributed by atoms with Gasteiger partial charge in [0.1, 0.15) is 6.04 Å². The van der Waals surface area contributed by atoms with Crippen LogP contribution in [0.3, 0.4) is 0 Å². The molecule has 144 valence electrons. The Bertz CT molecular complexity index is 798. The number of aryl methyl sites for hydroxylation is 1. The van der Waals surface area contributed by atoms with E-state index in [1.54, 1.807) is 42.1 Å². The number of carbonyl (C=O) groups excluding carboxylic acids is 3. The van der Waals surface area contributed by atoms with E-state index in [9.17, 15) is 14.4 Å². The first-order valence-corrected chi connectivity index (χ1v) is 8.77.